The first-order valence-electron chi connectivity index (χ1n) is 12.5. The van der Waals surface area contributed by atoms with Crippen LogP contribution in [0.1, 0.15) is 70.2 Å². The van der Waals surface area contributed by atoms with Crippen LogP contribution < -0.4 is 4.90 Å². The van der Waals surface area contributed by atoms with Crippen molar-refractivity contribution in [1.82, 2.24) is 9.80 Å². The van der Waals surface area contributed by atoms with Crippen LogP contribution in [-0.4, -0.2) is 56.1 Å². The van der Waals surface area contributed by atoms with Crippen molar-refractivity contribution < 1.29 is 0 Å². The van der Waals surface area contributed by atoms with E-state index in [1.165, 1.54) is 41.8 Å². The molecule has 0 aromatic heterocycles. The second-order valence-electron chi connectivity index (χ2n) is 11.7. The van der Waals surface area contributed by atoms with Gasteiger partial charge < -0.3 is 4.90 Å². The molecule has 2 aromatic carbocycles. The van der Waals surface area contributed by atoms with E-state index in [2.05, 4.69) is 105 Å². The van der Waals surface area contributed by atoms with Crippen molar-refractivity contribution in [2.24, 2.45) is 0 Å². The molecule has 2 fully saturated rings. The van der Waals surface area contributed by atoms with E-state index < -0.39 is 0 Å². The van der Waals surface area contributed by atoms with Crippen molar-refractivity contribution in [3.05, 3.63) is 65.2 Å². The first kappa shape index (κ1) is 23.3. The van der Waals surface area contributed by atoms with E-state index in [0.29, 0.717) is 6.04 Å². The molecule has 1 unspecified atom stereocenters. The number of nitrogens with zero attached hydrogens (tertiary/aromatic N) is 3. The molecule has 0 N–H and O–H groups in total. The fourth-order valence-electron chi connectivity index (χ4n) is 5.48. The zero-order valence-corrected chi connectivity index (χ0v) is 21.2. The van der Waals surface area contributed by atoms with Gasteiger partial charge in [0.25, 0.3) is 0 Å². The summed E-state index contributed by atoms with van der Waals surface area (Å²) in [6.45, 7) is 18.6. The first-order chi connectivity index (χ1) is 15.1. The second-order valence-corrected chi connectivity index (χ2v) is 11.7. The lowest BCUT2D eigenvalue weighted by atomic mass is 9.82. The van der Waals surface area contributed by atoms with Crippen LogP contribution in [0.5, 0.6) is 0 Å². The molecular weight excluding hydrogens is 390 g/mol. The molecule has 2 heterocycles. The summed E-state index contributed by atoms with van der Waals surface area (Å²) in [7, 11) is 2.27. The van der Waals surface area contributed by atoms with Gasteiger partial charge in [-0.3, -0.25) is 9.80 Å². The van der Waals surface area contributed by atoms with Crippen molar-refractivity contribution in [3.63, 3.8) is 0 Å². The zero-order chi connectivity index (χ0) is 22.9. The summed E-state index contributed by atoms with van der Waals surface area (Å²) in [5.41, 5.74) is 6.14. The molecule has 32 heavy (non-hydrogen) atoms. The Morgan fingerprint density at radius 3 is 2.16 bits per heavy atom. The molecule has 3 heteroatoms. The minimum atomic E-state index is 0.154. The minimum Gasteiger partial charge on any atom is -0.369 e. The zero-order valence-electron chi connectivity index (χ0n) is 21.2. The topological polar surface area (TPSA) is 9.72 Å². The molecule has 2 aliphatic rings. The average molecular weight is 434 g/mol. The number of hydrogen-bond acceptors (Lipinski definition) is 3. The van der Waals surface area contributed by atoms with Gasteiger partial charge in [-0.2, -0.15) is 0 Å². The average Bonchev–Trinajstić information content (AvgIpc) is 3.19. The van der Waals surface area contributed by atoms with E-state index in [0.717, 1.165) is 32.7 Å². The van der Waals surface area contributed by atoms with Crippen molar-refractivity contribution in [2.45, 2.75) is 64.3 Å². The number of rotatable bonds is 5. The molecule has 0 aliphatic carbocycles. The van der Waals surface area contributed by atoms with Crippen molar-refractivity contribution >= 4 is 5.69 Å². The highest BCUT2D eigenvalue weighted by Crippen LogP contribution is 2.34. The third-order valence-electron chi connectivity index (χ3n) is 7.64. The summed E-state index contributed by atoms with van der Waals surface area (Å²) >= 11 is 0. The predicted molar refractivity (Wildman–Crippen MR) is 138 cm³/mol. The fraction of sp³-hybridized carbons (Fsp3) is 0.586. The van der Waals surface area contributed by atoms with Crippen molar-refractivity contribution in [3.8, 4) is 0 Å². The highest BCUT2D eigenvalue weighted by atomic mass is 15.3. The molecule has 2 aliphatic heterocycles. The lowest BCUT2D eigenvalue weighted by Crippen LogP contribution is -2.50. The van der Waals surface area contributed by atoms with Crippen LogP contribution in [-0.2, 0) is 10.8 Å². The Kier molecular flexibility index (Phi) is 6.70. The number of anilines is 1. The van der Waals surface area contributed by atoms with Crippen LogP contribution in [0.25, 0.3) is 0 Å². The standard InChI is InChI=1S/C29H43N3/c1-28(2,3)24-11-8-13-26(21-24)32-18-16-31(17-19-32)22-29(4,5)25-12-7-10-23(20-25)27-14-9-15-30(27)6/h7-8,10-13,20-21,27H,9,14-19,22H2,1-6H3. The van der Waals surface area contributed by atoms with E-state index in [1.807, 2.05) is 0 Å². The summed E-state index contributed by atoms with van der Waals surface area (Å²) in [5, 5.41) is 0. The van der Waals surface area contributed by atoms with Gasteiger partial charge in [0.1, 0.15) is 0 Å². The van der Waals surface area contributed by atoms with Gasteiger partial charge in [0.15, 0.2) is 0 Å². The molecule has 0 spiro atoms. The van der Waals surface area contributed by atoms with Crippen LogP contribution in [0.15, 0.2) is 48.5 Å². The van der Waals surface area contributed by atoms with Crippen LogP contribution >= 0.6 is 0 Å². The Labute approximate surface area is 196 Å². The van der Waals surface area contributed by atoms with E-state index in [4.69, 9.17) is 0 Å². The Morgan fingerprint density at radius 2 is 1.50 bits per heavy atom. The van der Waals surface area contributed by atoms with Gasteiger partial charge in [-0.25, -0.2) is 0 Å². The van der Waals surface area contributed by atoms with Crippen LogP contribution in [0.2, 0.25) is 0 Å². The van der Waals surface area contributed by atoms with Gasteiger partial charge in [-0.05, 0) is 60.7 Å². The maximum atomic E-state index is 2.67. The smallest absolute Gasteiger partial charge is 0.0370 e. The number of piperazine rings is 1. The molecule has 4 rings (SSSR count). The predicted octanol–water partition coefficient (Wildman–Crippen LogP) is 5.85. The molecule has 2 saturated heterocycles. The van der Waals surface area contributed by atoms with Gasteiger partial charge in [0.05, 0.1) is 0 Å². The van der Waals surface area contributed by atoms with Gasteiger partial charge in [-0.1, -0.05) is 71.0 Å². The van der Waals surface area contributed by atoms with Gasteiger partial charge in [0, 0.05) is 49.9 Å². The third kappa shape index (κ3) is 5.21. The van der Waals surface area contributed by atoms with E-state index >= 15 is 0 Å². The number of hydrogen-bond donors (Lipinski definition) is 0. The van der Waals surface area contributed by atoms with Crippen LogP contribution in [0.4, 0.5) is 5.69 Å². The number of benzene rings is 2. The Hall–Kier alpha value is -1.84. The first-order valence-corrected chi connectivity index (χ1v) is 12.5. The monoisotopic (exact) mass is 433 g/mol. The molecular formula is C29H43N3. The molecule has 0 bridgehead atoms. The van der Waals surface area contributed by atoms with E-state index in [1.54, 1.807) is 0 Å². The van der Waals surface area contributed by atoms with Crippen molar-refractivity contribution in [2.75, 3.05) is 51.2 Å². The quantitative estimate of drug-likeness (QED) is 0.585. The molecule has 0 radical (unpaired) electrons. The SMILES string of the molecule is CN1CCCC1c1cccc(C(C)(C)CN2CCN(c3cccc(C(C)(C)C)c3)CC2)c1. The normalized spacial score (nSPS) is 21.3. The van der Waals surface area contributed by atoms with E-state index in [-0.39, 0.29) is 10.8 Å². The Balaban J connectivity index is 1.39. The molecule has 0 saturated carbocycles. The highest BCUT2D eigenvalue weighted by Gasteiger charge is 2.29. The summed E-state index contributed by atoms with van der Waals surface area (Å²) in [5.74, 6) is 0. The largest absolute Gasteiger partial charge is 0.369 e. The Morgan fingerprint density at radius 1 is 0.812 bits per heavy atom. The molecule has 174 valence electrons. The third-order valence-corrected chi connectivity index (χ3v) is 7.64. The van der Waals surface area contributed by atoms with Crippen molar-refractivity contribution in [1.29, 1.82) is 0 Å². The Bertz CT molecular complexity index is 903. The van der Waals surface area contributed by atoms with Crippen LogP contribution in [0.3, 0.4) is 0 Å². The minimum absolute atomic E-state index is 0.154. The molecule has 1 atom stereocenters. The van der Waals surface area contributed by atoms with Crippen LogP contribution in [0, 0.1) is 0 Å². The van der Waals surface area contributed by atoms with Gasteiger partial charge >= 0.3 is 0 Å². The lowest BCUT2D eigenvalue weighted by Gasteiger charge is -2.40. The van der Waals surface area contributed by atoms with Gasteiger partial charge in [0.2, 0.25) is 0 Å². The lowest BCUT2D eigenvalue weighted by molar-refractivity contribution is 0.212. The fourth-order valence-corrected chi connectivity index (χ4v) is 5.48. The summed E-state index contributed by atoms with van der Waals surface area (Å²) in [6.07, 6.45) is 2.61. The summed E-state index contributed by atoms with van der Waals surface area (Å²) < 4.78 is 0. The maximum Gasteiger partial charge on any atom is 0.0370 e. The van der Waals surface area contributed by atoms with E-state index in [9.17, 15) is 0 Å². The summed E-state index contributed by atoms with van der Waals surface area (Å²) in [6, 6.07) is 19.2. The molecule has 2 aromatic rings. The highest BCUT2D eigenvalue weighted by molar-refractivity contribution is 5.50. The summed E-state index contributed by atoms with van der Waals surface area (Å²) in [4.78, 5) is 7.74. The van der Waals surface area contributed by atoms with Gasteiger partial charge in [-0.15, -0.1) is 0 Å². The number of likely N-dealkylation sites (tertiary alicyclic amines) is 1. The maximum absolute atomic E-state index is 2.67. The molecule has 3 nitrogen and oxygen atoms in total. The molecule has 0 amide bonds. The second kappa shape index (κ2) is 9.19.